The van der Waals surface area contributed by atoms with E-state index >= 15 is 0 Å². The number of hydrogen-bond acceptors (Lipinski definition) is 0. The summed E-state index contributed by atoms with van der Waals surface area (Å²) in [5.41, 5.74) is 0. The van der Waals surface area contributed by atoms with Crippen LogP contribution in [-0.2, 0) is 17.1 Å². The molecule has 0 fully saturated rings. The fraction of sp³-hybridized carbons (Fsp3) is 0. The molecule has 1 atom stereocenters. The van der Waals surface area contributed by atoms with Gasteiger partial charge in [-0.1, -0.05) is 0 Å². The van der Waals surface area contributed by atoms with E-state index in [1.807, 2.05) is 0 Å². The van der Waals surface area contributed by atoms with Gasteiger partial charge in [-0.05, 0) is 0 Å². The fourth-order valence-corrected chi connectivity index (χ4v) is 0. The summed E-state index contributed by atoms with van der Waals surface area (Å²) in [6.45, 7) is 0. The van der Waals surface area contributed by atoms with Crippen LogP contribution in [0.4, 0.5) is 0 Å². The molecule has 0 aromatic carbocycles. The van der Waals surface area contributed by atoms with Gasteiger partial charge in [0.1, 0.15) is 0 Å². The molecule has 0 bridgehead atoms. The Balaban J connectivity index is 0. The van der Waals surface area contributed by atoms with Gasteiger partial charge < -0.3 is 0 Å². The van der Waals surface area contributed by atoms with Crippen LogP contribution in [0.3, 0.4) is 0 Å². The SMILES string of the molecule is P.[B].[Cu].[La]. The average Bonchev–Trinajstić information content (AvgIpc) is 0. The van der Waals surface area contributed by atoms with Crippen LogP contribution < -0.4 is 0 Å². The zero-order valence-electron chi connectivity index (χ0n) is 2.16. The van der Waals surface area contributed by atoms with E-state index in [9.17, 15) is 0 Å². The van der Waals surface area contributed by atoms with Gasteiger partial charge in [0.15, 0.2) is 0 Å². The molecule has 0 N–H and O–H groups in total. The van der Waals surface area contributed by atoms with E-state index in [-0.39, 0.29) is 71.0 Å². The molecule has 0 rings (SSSR count). The van der Waals surface area contributed by atoms with Crippen molar-refractivity contribution >= 4 is 18.3 Å². The van der Waals surface area contributed by atoms with Gasteiger partial charge in [-0.3, -0.25) is 0 Å². The third-order valence-electron chi connectivity index (χ3n) is 0. The van der Waals surface area contributed by atoms with Gasteiger partial charge in [-0.25, -0.2) is 0 Å². The van der Waals surface area contributed by atoms with Gasteiger partial charge in [-0.2, -0.15) is 9.90 Å². The van der Waals surface area contributed by atoms with Crippen molar-refractivity contribution in [1.82, 2.24) is 0 Å². The molecule has 4 heteroatoms. The van der Waals surface area contributed by atoms with Crippen molar-refractivity contribution in [2.24, 2.45) is 0 Å². The molecular weight excluding hydrogens is 244 g/mol. The van der Waals surface area contributed by atoms with Crippen molar-refractivity contribution in [3.8, 4) is 0 Å². The maximum atomic E-state index is 0. The van der Waals surface area contributed by atoms with Crippen LogP contribution in [0.5, 0.6) is 0 Å². The van der Waals surface area contributed by atoms with Gasteiger partial charge in [0, 0.05) is 61.1 Å². The molecule has 1 unspecified atom stereocenters. The first-order valence-electron chi connectivity index (χ1n) is 0. The summed E-state index contributed by atoms with van der Waals surface area (Å²) in [6.07, 6.45) is 0. The standard InChI is InChI=1S/B.Cu.La.H3P/h;;;1H3. The van der Waals surface area contributed by atoms with E-state index in [4.69, 9.17) is 0 Å². The maximum absolute atomic E-state index is 0. The molecule has 0 spiro atoms. The molecule has 25 valence electrons. The smallest absolute Gasteiger partial charge is 0 e. The van der Waals surface area contributed by atoms with Crippen molar-refractivity contribution < 1.29 is 52.7 Å². The third kappa shape index (κ3) is 8.88. The first kappa shape index (κ1) is 34.5. The van der Waals surface area contributed by atoms with Gasteiger partial charge >= 0.3 is 0 Å². The topological polar surface area (TPSA) is 0 Å². The van der Waals surface area contributed by atoms with E-state index < -0.39 is 0 Å². The van der Waals surface area contributed by atoms with E-state index in [2.05, 4.69) is 0 Å². The maximum Gasteiger partial charge on any atom is 0 e. The summed E-state index contributed by atoms with van der Waals surface area (Å²) < 4.78 is 0. The minimum absolute atomic E-state index is 0. The number of hydrogen-bond donors (Lipinski definition) is 0. The normalized spacial score (nSPS) is 0. The Morgan fingerprint density at radius 2 is 1.00 bits per heavy atom. The summed E-state index contributed by atoms with van der Waals surface area (Å²) in [4.78, 5) is 0. The van der Waals surface area contributed by atoms with Crippen LogP contribution in [0.1, 0.15) is 0 Å². The van der Waals surface area contributed by atoms with Crippen LogP contribution in [0, 0.1) is 35.6 Å². The molecule has 0 aromatic heterocycles. The summed E-state index contributed by atoms with van der Waals surface area (Å²) >= 11 is 0. The first-order valence-corrected chi connectivity index (χ1v) is 0. The molecule has 0 heterocycles. The molecule has 0 aliphatic carbocycles. The van der Waals surface area contributed by atoms with Crippen molar-refractivity contribution in [1.29, 1.82) is 0 Å². The van der Waals surface area contributed by atoms with Crippen LogP contribution in [0.15, 0.2) is 0 Å². The Morgan fingerprint density at radius 1 is 1.00 bits per heavy atom. The first-order chi connectivity index (χ1) is 0. The molecule has 0 saturated heterocycles. The van der Waals surface area contributed by atoms with Gasteiger partial charge in [0.2, 0.25) is 0 Å². The zero-order valence-corrected chi connectivity index (χ0v) is 8.15. The van der Waals surface area contributed by atoms with E-state index in [0.717, 1.165) is 0 Å². The predicted molar refractivity (Wildman–Crippen MR) is 16.9 cm³/mol. The monoisotopic (exact) mass is 247 g/mol. The molecule has 0 saturated carbocycles. The van der Waals surface area contributed by atoms with E-state index in [0.29, 0.717) is 0 Å². The van der Waals surface area contributed by atoms with E-state index in [1.54, 1.807) is 0 Å². The Bertz CT molecular complexity index is 8.00. The summed E-state index contributed by atoms with van der Waals surface area (Å²) in [5, 5.41) is 0. The quantitative estimate of drug-likeness (QED) is 0.406. The van der Waals surface area contributed by atoms with Gasteiger partial charge in [0.05, 0.1) is 0 Å². The Morgan fingerprint density at radius 3 is 1.00 bits per heavy atom. The zero-order chi connectivity index (χ0) is 0. The number of rotatable bonds is 0. The van der Waals surface area contributed by atoms with Crippen LogP contribution in [0.25, 0.3) is 0 Å². The minimum Gasteiger partial charge on any atom is -0.153 e. The second-order valence-corrected chi connectivity index (χ2v) is 0. The van der Waals surface area contributed by atoms with Crippen LogP contribution in [-0.4, -0.2) is 8.41 Å². The van der Waals surface area contributed by atoms with Gasteiger partial charge in [0.25, 0.3) is 0 Å². The van der Waals surface area contributed by atoms with Crippen LogP contribution in [0.2, 0.25) is 0 Å². The molecule has 0 nitrogen and oxygen atoms in total. The van der Waals surface area contributed by atoms with Crippen molar-refractivity contribution in [3.63, 3.8) is 0 Å². The fourth-order valence-electron chi connectivity index (χ4n) is 0. The molecule has 0 aromatic rings. The van der Waals surface area contributed by atoms with Crippen molar-refractivity contribution in [2.75, 3.05) is 0 Å². The van der Waals surface area contributed by atoms with Crippen molar-refractivity contribution in [3.05, 3.63) is 0 Å². The molecular formula is H3BCuLaP. The third-order valence-corrected chi connectivity index (χ3v) is 0. The molecule has 4 heavy (non-hydrogen) atoms. The second kappa shape index (κ2) is 18.9. The summed E-state index contributed by atoms with van der Waals surface area (Å²) in [5.74, 6) is 0. The Hall–Kier alpha value is 2.21. The Labute approximate surface area is 70.1 Å². The molecule has 0 aliphatic rings. The molecule has 5 radical (unpaired) electrons. The van der Waals surface area contributed by atoms with Crippen LogP contribution >= 0.6 is 9.90 Å². The summed E-state index contributed by atoms with van der Waals surface area (Å²) in [7, 11) is 0. The Kier molecular flexibility index (Phi) is 163. The largest absolute Gasteiger partial charge is 0.153 e. The molecule has 0 aliphatic heterocycles. The summed E-state index contributed by atoms with van der Waals surface area (Å²) in [6, 6.07) is 0. The molecule has 0 amide bonds. The second-order valence-electron chi connectivity index (χ2n) is 0. The average molecular weight is 247 g/mol. The van der Waals surface area contributed by atoms with E-state index in [1.165, 1.54) is 0 Å². The van der Waals surface area contributed by atoms with Gasteiger partial charge in [-0.15, -0.1) is 0 Å². The minimum atomic E-state index is 0. The predicted octanol–water partition coefficient (Wildman–Crippen LogP) is -0.325. The van der Waals surface area contributed by atoms with Crippen molar-refractivity contribution in [2.45, 2.75) is 0 Å².